The molecule has 8 N–H and O–H groups in total. The molecule has 0 saturated carbocycles. The van der Waals surface area contributed by atoms with Crippen LogP contribution in [0.15, 0.2) is 35.0 Å². The summed E-state index contributed by atoms with van der Waals surface area (Å²) < 4.78 is 0. The number of primary amides is 1. The number of anilines is 1. The first-order valence-electron chi connectivity index (χ1n) is 8.91. The van der Waals surface area contributed by atoms with Crippen LogP contribution in [-0.2, 0) is 4.79 Å². The minimum Gasteiger partial charge on any atom is -0.402 e. The molecule has 0 radical (unpaired) electrons. The van der Waals surface area contributed by atoms with E-state index in [4.69, 9.17) is 17.2 Å². The van der Waals surface area contributed by atoms with Crippen LogP contribution >= 0.6 is 0 Å². The zero-order valence-corrected chi connectivity index (χ0v) is 16.2. The molecule has 0 saturated heterocycles. The molecule has 0 spiro atoms. The number of rotatable bonds is 10. The molecule has 2 amide bonds. The molecule has 0 fully saturated rings. The Balaban J connectivity index is 2.64. The third-order valence-electron chi connectivity index (χ3n) is 3.86. The largest absolute Gasteiger partial charge is 0.402 e. The number of aryl methyl sites for hydroxylation is 1. The van der Waals surface area contributed by atoms with Gasteiger partial charge in [-0.15, -0.1) is 0 Å². The average Bonchev–Trinajstić information content (AvgIpc) is 2.61. The fraction of sp³-hybridized carbons (Fsp3) is 0.421. The smallest absolute Gasteiger partial charge is 0.269 e. The van der Waals surface area contributed by atoms with Crippen LogP contribution in [0.1, 0.15) is 36.2 Å². The van der Waals surface area contributed by atoms with Gasteiger partial charge in [0.25, 0.3) is 5.91 Å². The summed E-state index contributed by atoms with van der Waals surface area (Å²) in [5.41, 5.74) is 19.8. The van der Waals surface area contributed by atoms with Gasteiger partial charge in [0, 0.05) is 42.6 Å². The van der Waals surface area contributed by atoms with Crippen LogP contribution in [0.3, 0.4) is 0 Å². The number of aliphatic imine (C=N–C) groups is 1. The van der Waals surface area contributed by atoms with Gasteiger partial charge in [-0.05, 0) is 57.0 Å². The van der Waals surface area contributed by atoms with Crippen molar-refractivity contribution in [3.63, 3.8) is 0 Å². The highest BCUT2D eigenvalue weighted by molar-refractivity contribution is 6.43. The minimum atomic E-state index is -0.457. The number of allylic oxidation sites excluding steroid dienone is 1. The number of nitrogens with two attached hydrogens (primary N) is 3. The van der Waals surface area contributed by atoms with Gasteiger partial charge in [0.05, 0.1) is 0 Å². The molecule has 1 atom stereocenters. The summed E-state index contributed by atoms with van der Waals surface area (Å²) >= 11 is 0. The van der Waals surface area contributed by atoms with Gasteiger partial charge in [-0.2, -0.15) is 0 Å². The molecule has 1 rings (SSSR count). The first-order chi connectivity index (χ1) is 12.8. The van der Waals surface area contributed by atoms with Crippen LogP contribution in [-0.4, -0.2) is 43.2 Å². The molecule has 0 aliphatic carbocycles. The Kier molecular flexibility index (Phi) is 9.01. The number of carbonyl (C=O) groups excluding carboxylic acids is 2. The van der Waals surface area contributed by atoms with Crippen molar-refractivity contribution in [1.82, 2.24) is 5.32 Å². The van der Waals surface area contributed by atoms with Crippen molar-refractivity contribution < 1.29 is 9.59 Å². The molecular weight excluding hydrogens is 344 g/mol. The van der Waals surface area contributed by atoms with Crippen molar-refractivity contribution in [2.75, 3.05) is 25.0 Å². The van der Waals surface area contributed by atoms with E-state index in [2.05, 4.69) is 15.6 Å². The van der Waals surface area contributed by atoms with Gasteiger partial charge in [-0.25, -0.2) is 0 Å². The molecule has 1 aromatic rings. The Morgan fingerprint density at radius 2 is 2.00 bits per heavy atom. The second-order valence-corrected chi connectivity index (χ2v) is 6.26. The van der Waals surface area contributed by atoms with E-state index in [1.807, 2.05) is 19.9 Å². The highest BCUT2D eigenvalue weighted by atomic mass is 16.2. The van der Waals surface area contributed by atoms with Crippen LogP contribution in [0, 0.1) is 6.92 Å². The number of carbonyl (C=O) groups is 2. The monoisotopic (exact) mass is 374 g/mol. The summed E-state index contributed by atoms with van der Waals surface area (Å²) in [6.07, 6.45) is 2.18. The van der Waals surface area contributed by atoms with Crippen LogP contribution in [0.2, 0.25) is 0 Å². The van der Waals surface area contributed by atoms with Gasteiger partial charge in [-0.3, -0.25) is 14.6 Å². The number of hydrogen-bond donors (Lipinski definition) is 5. The lowest BCUT2D eigenvalue weighted by molar-refractivity contribution is -0.115. The molecule has 1 aromatic carbocycles. The fourth-order valence-corrected chi connectivity index (χ4v) is 2.47. The maximum atomic E-state index is 12.4. The van der Waals surface area contributed by atoms with Crippen molar-refractivity contribution in [2.24, 2.45) is 22.2 Å². The molecule has 148 valence electrons. The van der Waals surface area contributed by atoms with E-state index in [1.165, 1.54) is 0 Å². The predicted molar refractivity (Wildman–Crippen MR) is 110 cm³/mol. The molecule has 0 aromatic heterocycles. The summed E-state index contributed by atoms with van der Waals surface area (Å²) in [7, 11) is 0. The zero-order chi connectivity index (χ0) is 20.4. The van der Waals surface area contributed by atoms with Crippen LogP contribution in [0.25, 0.3) is 0 Å². The molecule has 0 bridgehead atoms. The number of nitrogens with one attached hydrogen (secondary N) is 2. The van der Waals surface area contributed by atoms with Gasteiger partial charge in [0.15, 0.2) is 0 Å². The van der Waals surface area contributed by atoms with Crippen molar-refractivity contribution in [3.8, 4) is 0 Å². The SMILES string of the molecule is CCN=C(C=C(C)N)C(=O)NC(CN)CCNc1ccc(C(N)=O)cc1C. The maximum Gasteiger partial charge on any atom is 0.269 e. The van der Waals surface area contributed by atoms with E-state index in [9.17, 15) is 9.59 Å². The van der Waals surface area contributed by atoms with Gasteiger partial charge in [-0.1, -0.05) is 0 Å². The summed E-state index contributed by atoms with van der Waals surface area (Å²) in [6, 6.07) is 5.02. The molecule has 8 heteroatoms. The van der Waals surface area contributed by atoms with E-state index in [0.29, 0.717) is 43.0 Å². The summed E-state index contributed by atoms with van der Waals surface area (Å²) in [5.74, 6) is -0.749. The quantitative estimate of drug-likeness (QED) is 0.382. The lowest BCUT2D eigenvalue weighted by Crippen LogP contribution is -2.44. The maximum absolute atomic E-state index is 12.4. The Hall–Kier alpha value is -2.87. The van der Waals surface area contributed by atoms with Gasteiger partial charge in [0.2, 0.25) is 5.91 Å². The topological polar surface area (TPSA) is 149 Å². The molecule has 27 heavy (non-hydrogen) atoms. The molecule has 0 aliphatic rings. The number of hydrogen-bond acceptors (Lipinski definition) is 6. The summed E-state index contributed by atoms with van der Waals surface area (Å²) in [5, 5.41) is 6.17. The molecule has 8 nitrogen and oxygen atoms in total. The lowest BCUT2D eigenvalue weighted by Gasteiger charge is -2.18. The molecule has 1 unspecified atom stereocenters. The van der Waals surface area contributed by atoms with E-state index >= 15 is 0 Å². The number of nitrogens with zero attached hydrogens (tertiary/aromatic N) is 1. The standard InChI is InChI=1S/C19H30N6O2/c1-4-23-17(10-13(3)21)19(27)25-15(11-20)7-8-24-16-6-5-14(18(22)26)9-12(16)2/h5-6,9-10,15,24H,4,7-8,11,20-21H2,1-3H3,(H2,22,26)(H,25,27). The predicted octanol–water partition coefficient (Wildman–Crippen LogP) is 0.663. The third-order valence-corrected chi connectivity index (χ3v) is 3.86. The van der Waals surface area contributed by atoms with E-state index in [0.717, 1.165) is 11.3 Å². The Bertz CT molecular complexity index is 723. The summed E-state index contributed by atoms with van der Waals surface area (Å²) in [4.78, 5) is 27.7. The Morgan fingerprint density at radius 3 is 2.52 bits per heavy atom. The minimum absolute atomic E-state index is 0.205. The van der Waals surface area contributed by atoms with E-state index < -0.39 is 5.91 Å². The molecule has 0 heterocycles. The molecular formula is C19H30N6O2. The van der Waals surface area contributed by atoms with E-state index in [1.54, 1.807) is 25.1 Å². The van der Waals surface area contributed by atoms with Crippen LogP contribution < -0.4 is 27.8 Å². The van der Waals surface area contributed by atoms with Crippen molar-refractivity contribution in [2.45, 2.75) is 33.2 Å². The highest BCUT2D eigenvalue weighted by Crippen LogP contribution is 2.16. The second kappa shape index (κ2) is 11.0. The Labute approximate surface area is 160 Å². The van der Waals surface area contributed by atoms with Crippen molar-refractivity contribution >= 4 is 23.2 Å². The molecule has 0 aliphatic heterocycles. The fourth-order valence-electron chi connectivity index (χ4n) is 2.47. The number of amides is 2. The van der Waals surface area contributed by atoms with E-state index in [-0.39, 0.29) is 11.9 Å². The summed E-state index contributed by atoms with van der Waals surface area (Å²) in [6.45, 7) is 6.84. The lowest BCUT2D eigenvalue weighted by atomic mass is 10.1. The third kappa shape index (κ3) is 7.49. The highest BCUT2D eigenvalue weighted by Gasteiger charge is 2.14. The van der Waals surface area contributed by atoms with Gasteiger partial charge in [0.1, 0.15) is 5.71 Å². The normalized spacial score (nSPS) is 13.2. The first kappa shape index (κ1) is 22.2. The van der Waals surface area contributed by atoms with Crippen molar-refractivity contribution in [3.05, 3.63) is 41.1 Å². The Morgan fingerprint density at radius 1 is 1.30 bits per heavy atom. The first-order valence-corrected chi connectivity index (χ1v) is 8.91. The van der Waals surface area contributed by atoms with Crippen LogP contribution in [0.4, 0.5) is 5.69 Å². The zero-order valence-electron chi connectivity index (χ0n) is 16.2. The average molecular weight is 374 g/mol. The van der Waals surface area contributed by atoms with Crippen LogP contribution in [0.5, 0.6) is 0 Å². The van der Waals surface area contributed by atoms with Crippen molar-refractivity contribution in [1.29, 1.82) is 0 Å². The van der Waals surface area contributed by atoms with Gasteiger partial charge < -0.3 is 27.8 Å². The second-order valence-electron chi connectivity index (χ2n) is 6.26. The number of benzene rings is 1. The van der Waals surface area contributed by atoms with Gasteiger partial charge >= 0.3 is 0 Å².